The first-order valence-corrected chi connectivity index (χ1v) is 5.17. The lowest BCUT2D eigenvalue weighted by Crippen LogP contribution is -2.42. The van der Waals surface area contributed by atoms with E-state index in [1.54, 1.807) is 0 Å². The van der Waals surface area contributed by atoms with Crippen molar-refractivity contribution in [2.24, 2.45) is 11.8 Å². The molecule has 70 valence electrons. The predicted molar refractivity (Wildman–Crippen MR) is 54.6 cm³/mol. The number of thiol groups is 1. The molecule has 0 aromatic heterocycles. The molecule has 1 saturated carbocycles. The van der Waals surface area contributed by atoms with Crippen molar-refractivity contribution in [1.82, 2.24) is 0 Å². The lowest BCUT2D eigenvalue weighted by Gasteiger charge is -2.37. The summed E-state index contributed by atoms with van der Waals surface area (Å²) in [5.74, 6) is 1.27. The summed E-state index contributed by atoms with van der Waals surface area (Å²) in [7, 11) is 0. The lowest BCUT2D eigenvalue weighted by atomic mass is 9.76. The zero-order valence-corrected chi connectivity index (χ0v) is 9.03. The number of carbonyl (C=O) groups excluding carboxylic acids is 1. The first-order valence-electron chi connectivity index (χ1n) is 4.72. The van der Waals surface area contributed by atoms with Gasteiger partial charge in [-0.05, 0) is 24.7 Å². The van der Waals surface area contributed by atoms with Crippen LogP contribution in [0.1, 0.15) is 40.0 Å². The summed E-state index contributed by atoms with van der Waals surface area (Å²) in [5.41, 5.74) is 0. The second kappa shape index (κ2) is 3.41. The highest BCUT2D eigenvalue weighted by Gasteiger charge is 2.40. The fourth-order valence-corrected chi connectivity index (χ4v) is 2.03. The SMILES string of the molecule is CC(C)[C@@]1(S)CC[C@H](C)CC1=O. The minimum absolute atomic E-state index is 0.327. The molecule has 0 aromatic rings. The molecule has 0 saturated heterocycles. The van der Waals surface area contributed by atoms with E-state index in [2.05, 4.69) is 33.4 Å². The Morgan fingerprint density at radius 1 is 1.58 bits per heavy atom. The summed E-state index contributed by atoms with van der Waals surface area (Å²) in [5, 5.41) is 0. The Morgan fingerprint density at radius 2 is 2.17 bits per heavy atom. The van der Waals surface area contributed by atoms with E-state index in [1.165, 1.54) is 0 Å². The van der Waals surface area contributed by atoms with Crippen molar-refractivity contribution in [3.05, 3.63) is 0 Å². The highest BCUT2D eigenvalue weighted by Crippen LogP contribution is 2.38. The average Bonchev–Trinajstić information content (AvgIpc) is 1.97. The summed E-state index contributed by atoms with van der Waals surface area (Å²) in [6, 6.07) is 0. The molecule has 0 amide bonds. The number of carbonyl (C=O) groups is 1. The van der Waals surface area contributed by atoms with Crippen molar-refractivity contribution in [3.8, 4) is 0 Å². The molecule has 1 aliphatic rings. The number of hydrogen-bond acceptors (Lipinski definition) is 2. The quantitative estimate of drug-likeness (QED) is 0.623. The van der Waals surface area contributed by atoms with Crippen LogP contribution in [0.5, 0.6) is 0 Å². The summed E-state index contributed by atoms with van der Waals surface area (Å²) in [4.78, 5) is 11.7. The number of ketones is 1. The molecule has 1 aliphatic carbocycles. The van der Waals surface area contributed by atoms with Crippen LogP contribution in [0.3, 0.4) is 0 Å². The topological polar surface area (TPSA) is 17.1 Å². The van der Waals surface area contributed by atoms with E-state index in [1.807, 2.05) is 0 Å². The standard InChI is InChI=1S/C10H18OS/c1-7(2)10(12)5-4-8(3)6-9(10)11/h7-8,12H,4-6H2,1-3H3/t8-,10-/m0/s1. The van der Waals surface area contributed by atoms with Crippen LogP contribution in [-0.2, 0) is 4.79 Å². The van der Waals surface area contributed by atoms with Gasteiger partial charge in [0.2, 0.25) is 0 Å². The van der Waals surface area contributed by atoms with Crippen LogP contribution in [0, 0.1) is 11.8 Å². The predicted octanol–water partition coefficient (Wildman–Crippen LogP) is 2.70. The number of Topliss-reactive ketones (excluding diaryl/α,β-unsaturated/α-hetero) is 1. The molecule has 1 rings (SSSR count). The second-order valence-electron chi connectivity index (χ2n) is 4.35. The van der Waals surface area contributed by atoms with Gasteiger partial charge in [-0.3, -0.25) is 4.79 Å². The van der Waals surface area contributed by atoms with Crippen LogP contribution >= 0.6 is 12.6 Å². The van der Waals surface area contributed by atoms with Gasteiger partial charge in [-0.2, -0.15) is 12.6 Å². The van der Waals surface area contributed by atoms with E-state index in [0.717, 1.165) is 19.3 Å². The van der Waals surface area contributed by atoms with E-state index in [0.29, 0.717) is 17.6 Å². The Kier molecular flexibility index (Phi) is 2.87. The smallest absolute Gasteiger partial charge is 0.149 e. The third-order valence-corrected chi connectivity index (χ3v) is 3.98. The molecule has 1 nitrogen and oxygen atoms in total. The van der Waals surface area contributed by atoms with Crippen molar-refractivity contribution in [1.29, 1.82) is 0 Å². The molecule has 0 aromatic carbocycles. The van der Waals surface area contributed by atoms with Crippen molar-refractivity contribution < 1.29 is 4.79 Å². The largest absolute Gasteiger partial charge is 0.298 e. The van der Waals surface area contributed by atoms with Crippen molar-refractivity contribution >= 4 is 18.4 Å². The van der Waals surface area contributed by atoms with Crippen molar-refractivity contribution in [2.45, 2.75) is 44.8 Å². The maximum atomic E-state index is 11.7. The van der Waals surface area contributed by atoms with Gasteiger partial charge in [0.1, 0.15) is 5.78 Å². The van der Waals surface area contributed by atoms with Crippen LogP contribution in [0.25, 0.3) is 0 Å². The van der Waals surface area contributed by atoms with E-state index in [9.17, 15) is 4.79 Å². The Labute approximate surface area is 80.3 Å². The molecule has 0 heterocycles. The average molecular weight is 186 g/mol. The second-order valence-corrected chi connectivity index (χ2v) is 5.15. The molecule has 1 fully saturated rings. The van der Waals surface area contributed by atoms with E-state index < -0.39 is 0 Å². The van der Waals surface area contributed by atoms with Crippen molar-refractivity contribution in [3.63, 3.8) is 0 Å². The minimum atomic E-state index is -0.327. The van der Waals surface area contributed by atoms with E-state index in [-0.39, 0.29) is 4.75 Å². The molecule has 0 bridgehead atoms. The molecule has 0 spiro atoms. The van der Waals surface area contributed by atoms with Gasteiger partial charge in [0.15, 0.2) is 0 Å². The molecular formula is C10H18OS. The first-order chi connectivity index (χ1) is 5.47. The highest BCUT2D eigenvalue weighted by atomic mass is 32.1. The molecule has 0 unspecified atom stereocenters. The molecule has 0 radical (unpaired) electrons. The van der Waals surface area contributed by atoms with Crippen molar-refractivity contribution in [2.75, 3.05) is 0 Å². The monoisotopic (exact) mass is 186 g/mol. The van der Waals surface area contributed by atoms with Gasteiger partial charge >= 0.3 is 0 Å². The fraction of sp³-hybridized carbons (Fsp3) is 0.900. The molecule has 12 heavy (non-hydrogen) atoms. The minimum Gasteiger partial charge on any atom is -0.298 e. The maximum Gasteiger partial charge on any atom is 0.149 e. The van der Waals surface area contributed by atoms with Crippen LogP contribution in [-0.4, -0.2) is 10.5 Å². The summed E-state index contributed by atoms with van der Waals surface area (Å²) in [6.07, 6.45) is 2.82. The van der Waals surface area contributed by atoms with Crippen LogP contribution in [0.15, 0.2) is 0 Å². The lowest BCUT2D eigenvalue weighted by molar-refractivity contribution is -0.125. The fourth-order valence-electron chi connectivity index (χ4n) is 1.81. The van der Waals surface area contributed by atoms with Gasteiger partial charge in [-0.25, -0.2) is 0 Å². The summed E-state index contributed by atoms with van der Waals surface area (Å²) in [6.45, 7) is 6.31. The Morgan fingerprint density at radius 3 is 2.58 bits per heavy atom. The molecule has 0 aliphatic heterocycles. The van der Waals surface area contributed by atoms with Gasteiger partial charge in [-0.15, -0.1) is 0 Å². The van der Waals surface area contributed by atoms with Crippen LogP contribution in [0.4, 0.5) is 0 Å². The molecule has 0 N–H and O–H groups in total. The highest BCUT2D eigenvalue weighted by molar-refractivity contribution is 7.82. The zero-order valence-electron chi connectivity index (χ0n) is 8.13. The maximum absolute atomic E-state index is 11.7. The number of rotatable bonds is 1. The first kappa shape index (κ1) is 10.1. The van der Waals surface area contributed by atoms with E-state index >= 15 is 0 Å². The number of hydrogen-bond donors (Lipinski definition) is 1. The zero-order chi connectivity index (χ0) is 9.35. The Hall–Kier alpha value is 0.0200. The van der Waals surface area contributed by atoms with E-state index in [4.69, 9.17) is 0 Å². The van der Waals surface area contributed by atoms with Gasteiger partial charge in [-0.1, -0.05) is 20.8 Å². The molecule has 2 atom stereocenters. The Balaban J connectivity index is 2.73. The third-order valence-electron chi connectivity index (χ3n) is 2.99. The van der Waals surface area contributed by atoms with Gasteiger partial charge in [0.25, 0.3) is 0 Å². The Bertz CT molecular complexity index is 188. The summed E-state index contributed by atoms with van der Waals surface area (Å²) >= 11 is 4.53. The molecule has 2 heteroatoms. The normalized spacial score (nSPS) is 37.4. The summed E-state index contributed by atoms with van der Waals surface area (Å²) < 4.78 is -0.327. The van der Waals surface area contributed by atoms with Gasteiger partial charge in [0.05, 0.1) is 4.75 Å². The third kappa shape index (κ3) is 1.68. The van der Waals surface area contributed by atoms with Crippen LogP contribution in [0.2, 0.25) is 0 Å². The molecular weight excluding hydrogens is 168 g/mol. The van der Waals surface area contributed by atoms with Gasteiger partial charge < -0.3 is 0 Å². The van der Waals surface area contributed by atoms with Gasteiger partial charge in [0, 0.05) is 6.42 Å². The van der Waals surface area contributed by atoms with Crippen LogP contribution < -0.4 is 0 Å².